The smallest absolute Gasteiger partial charge is 0.321 e. The van der Waals surface area contributed by atoms with Gasteiger partial charge in [-0.05, 0) is 24.6 Å². The van der Waals surface area contributed by atoms with Crippen LogP contribution in [0.3, 0.4) is 0 Å². The van der Waals surface area contributed by atoms with Gasteiger partial charge in [0.05, 0.1) is 26.3 Å². The number of methoxy groups -OCH3 is 2. The van der Waals surface area contributed by atoms with Crippen molar-refractivity contribution in [2.24, 2.45) is 0 Å². The molecule has 1 aromatic carbocycles. The molecule has 1 aliphatic rings. The van der Waals surface area contributed by atoms with Crippen LogP contribution >= 0.6 is 0 Å². The van der Waals surface area contributed by atoms with Crippen molar-refractivity contribution in [2.75, 3.05) is 33.9 Å². The molecule has 7 nitrogen and oxygen atoms in total. The Hall–Kier alpha value is -2.28. The van der Waals surface area contributed by atoms with E-state index in [4.69, 9.17) is 9.47 Å². The number of urea groups is 1. The molecule has 0 radical (unpaired) electrons. The lowest BCUT2D eigenvalue weighted by atomic mass is 10.0. The second kappa shape index (κ2) is 9.27. The molecule has 1 fully saturated rings. The summed E-state index contributed by atoms with van der Waals surface area (Å²) in [7, 11) is 3.28. The van der Waals surface area contributed by atoms with Crippen molar-refractivity contribution in [3.05, 3.63) is 23.8 Å². The Morgan fingerprint density at radius 2 is 2.08 bits per heavy atom. The van der Waals surface area contributed by atoms with Gasteiger partial charge in [0.15, 0.2) is 6.54 Å². The summed E-state index contributed by atoms with van der Waals surface area (Å²) in [6, 6.07) is 5.44. The van der Waals surface area contributed by atoms with Crippen molar-refractivity contribution in [3.63, 3.8) is 0 Å². The number of hydrogen-bond donors (Lipinski definition) is 3. The standard InChI is InChI=1S/C18H27N3O4/c1-4-9-19-18(23)20-17(22)12-21-10-5-6-15(21)14-11-13(24-2)7-8-16(14)25-3/h7-8,11,15H,4-6,9-10,12H2,1-3H3,(H2,19,20,22,23)/p+1/t15-/m1/s1. The molecule has 0 spiro atoms. The molecule has 0 aromatic heterocycles. The van der Waals surface area contributed by atoms with Crippen LogP contribution in [0.1, 0.15) is 37.8 Å². The lowest BCUT2D eigenvalue weighted by molar-refractivity contribution is -0.910. The highest BCUT2D eigenvalue weighted by atomic mass is 16.5. The Labute approximate surface area is 148 Å². The first kappa shape index (κ1) is 19.1. The monoisotopic (exact) mass is 350 g/mol. The minimum Gasteiger partial charge on any atom is -0.497 e. The number of likely N-dealkylation sites (tertiary alicyclic amines) is 1. The molecule has 7 heteroatoms. The van der Waals surface area contributed by atoms with Gasteiger partial charge in [0, 0.05) is 19.4 Å². The number of imide groups is 1. The van der Waals surface area contributed by atoms with Gasteiger partial charge in [0.25, 0.3) is 5.91 Å². The minimum atomic E-state index is -0.430. The van der Waals surface area contributed by atoms with E-state index in [1.165, 1.54) is 0 Å². The number of carbonyl (C=O) groups is 2. The largest absolute Gasteiger partial charge is 0.497 e. The summed E-state index contributed by atoms with van der Waals surface area (Å²) in [6.45, 7) is 3.65. The summed E-state index contributed by atoms with van der Waals surface area (Å²) in [4.78, 5) is 24.9. The predicted octanol–water partition coefficient (Wildman–Crippen LogP) is 0.659. The lowest BCUT2D eigenvalue weighted by Crippen LogP contribution is -3.11. The summed E-state index contributed by atoms with van der Waals surface area (Å²) < 4.78 is 10.8. The van der Waals surface area contributed by atoms with Crippen molar-refractivity contribution in [1.29, 1.82) is 0 Å². The van der Waals surface area contributed by atoms with Gasteiger partial charge in [0.1, 0.15) is 17.5 Å². The van der Waals surface area contributed by atoms with Gasteiger partial charge < -0.3 is 19.7 Å². The first-order valence-corrected chi connectivity index (χ1v) is 8.73. The van der Waals surface area contributed by atoms with E-state index in [1.54, 1.807) is 14.2 Å². The zero-order valence-electron chi connectivity index (χ0n) is 15.2. The molecule has 138 valence electrons. The van der Waals surface area contributed by atoms with Crippen LogP contribution in [0.2, 0.25) is 0 Å². The van der Waals surface area contributed by atoms with E-state index < -0.39 is 6.03 Å². The highest BCUT2D eigenvalue weighted by Gasteiger charge is 2.34. The molecule has 2 atom stereocenters. The van der Waals surface area contributed by atoms with Crippen LogP contribution in [-0.4, -0.2) is 45.8 Å². The van der Waals surface area contributed by atoms with Crippen LogP contribution in [0, 0.1) is 0 Å². The summed E-state index contributed by atoms with van der Waals surface area (Å²) in [5, 5.41) is 5.05. The zero-order chi connectivity index (χ0) is 18.2. The maximum atomic E-state index is 12.2. The van der Waals surface area contributed by atoms with E-state index in [-0.39, 0.29) is 18.5 Å². The number of nitrogens with one attached hydrogen (secondary N) is 3. The Kier molecular flexibility index (Phi) is 7.06. The van der Waals surface area contributed by atoms with Gasteiger partial charge >= 0.3 is 6.03 Å². The molecule has 0 aliphatic carbocycles. The Bertz CT molecular complexity index is 606. The van der Waals surface area contributed by atoms with Crippen LogP contribution in [0.25, 0.3) is 0 Å². The average Bonchev–Trinajstić information content (AvgIpc) is 3.06. The number of ether oxygens (including phenoxy) is 2. The van der Waals surface area contributed by atoms with E-state index in [0.29, 0.717) is 6.54 Å². The molecule has 3 amide bonds. The first-order valence-electron chi connectivity index (χ1n) is 8.73. The van der Waals surface area contributed by atoms with E-state index >= 15 is 0 Å². The van der Waals surface area contributed by atoms with E-state index in [9.17, 15) is 9.59 Å². The third-order valence-electron chi connectivity index (χ3n) is 4.47. The molecule has 25 heavy (non-hydrogen) atoms. The SMILES string of the molecule is CCCNC(=O)NC(=O)C[NH+]1CCC[C@@H]1c1cc(OC)ccc1OC. The third kappa shape index (κ3) is 5.09. The molecule has 1 unspecified atom stereocenters. The summed E-state index contributed by atoms with van der Waals surface area (Å²) in [5.74, 6) is 1.30. The van der Waals surface area contributed by atoms with E-state index in [2.05, 4.69) is 10.6 Å². The van der Waals surface area contributed by atoms with Crippen molar-refractivity contribution >= 4 is 11.9 Å². The fourth-order valence-electron chi connectivity index (χ4n) is 3.27. The fraction of sp³-hybridized carbons (Fsp3) is 0.556. The Morgan fingerprint density at radius 1 is 1.28 bits per heavy atom. The summed E-state index contributed by atoms with van der Waals surface area (Å²) in [6.07, 6.45) is 2.82. The molecule has 1 heterocycles. The quantitative estimate of drug-likeness (QED) is 0.675. The zero-order valence-corrected chi connectivity index (χ0v) is 15.2. The number of amides is 3. The number of carbonyl (C=O) groups excluding carboxylic acids is 2. The third-order valence-corrected chi connectivity index (χ3v) is 4.47. The van der Waals surface area contributed by atoms with Crippen LogP contribution < -0.4 is 25.0 Å². The molecule has 0 saturated carbocycles. The minimum absolute atomic E-state index is 0.148. The van der Waals surface area contributed by atoms with Crippen LogP contribution in [-0.2, 0) is 4.79 Å². The summed E-state index contributed by atoms with van der Waals surface area (Å²) >= 11 is 0. The lowest BCUT2D eigenvalue weighted by Gasteiger charge is -2.23. The highest BCUT2D eigenvalue weighted by Crippen LogP contribution is 2.31. The van der Waals surface area contributed by atoms with Crippen molar-refractivity contribution in [1.82, 2.24) is 10.6 Å². The molecular formula is C18H28N3O4+. The Morgan fingerprint density at radius 3 is 2.76 bits per heavy atom. The van der Waals surface area contributed by atoms with Crippen molar-refractivity contribution < 1.29 is 24.0 Å². The average molecular weight is 350 g/mol. The first-order chi connectivity index (χ1) is 12.1. The van der Waals surface area contributed by atoms with Gasteiger partial charge in [-0.25, -0.2) is 4.79 Å². The molecule has 1 aromatic rings. The van der Waals surface area contributed by atoms with Crippen molar-refractivity contribution in [2.45, 2.75) is 32.2 Å². The van der Waals surface area contributed by atoms with E-state index in [0.717, 1.165) is 47.8 Å². The van der Waals surface area contributed by atoms with Gasteiger partial charge in [0.2, 0.25) is 0 Å². The second-order valence-electron chi connectivity index (χ2n) is 6.19. The van der Waals surface area contributed by atoms with Gasteiger partial charge in [-0.2, -0.15) is 0 Å². The van der Waals surface area contributed by atoms with Crippen LogP contribution in [0.15, 0.2) is 18.2 Å². The number of benzene rings is 1. The van der Waals surface area contributed by atoms with E-state index in [1.807, 2.05) is 25.1 Å². The predicted molar refractivity (Wildman–Crippen MR) is 94.1 cm³/mol. The van der Waals surface area contributed by atoms with Gasteiger partial charge in [-0.3, -0.25) is 10.1 Å². The molecular weight excluding hydrogens is 322 g/mol. The maximum absolute atomic E-state index is 12.2. The molecule has 2 rings (SSSR count). The molecule has 3 N–H and O–H groups in total. The molecule has 1 saturated heterocycles. The topological polar surface area (TPSA) is 81.1 Å². The van der Waals surface area contributed by atoms with Crippen LogP contribution in [0.5, 0.6) is 11.5 Å². The number of rotatable bonds is 7. The molecule has 1 aliphatic heterocycles. The maximum Gasteiger partial charge on any atom is 0.321 e. The number of quaternary nitrogens is 1. The Balaban J connectivity index is 2.05. The highest BCUT2D eigenvalue weighted by molar-refractivity contribution is 5.94. The second-order valence-corrected chi connectivity index (χ2v) is 6.19. The number of hydrogen-bond acceptors (Lipinski definition) is 4. The normalized spacial score (nSPS) is 19.3. The summed E-state index contributed by atoms with van der Waals surface area (Å²) in [5.41, 5.74) is 1.04. The van der Waals surface area contributed by atoms with Gasteiger partial charge in [-0.1, -0.05) is 6.92 Å². The van der Waals surface area contributed by atoms with Gasteiger partial charge in [-0.15, -0.1) is 0 Å². The molecule has 0 bridgehead atoms. The van der Waals surface area contributed by atoms with Crippen molar-refractivity contribution in [3.8, 4) is 11.5 Å². The fourth-order valence-corrected chi connectivity index (χ4v) is 3.27. The van der Waals surface area contributed by atoms with Crippen LogP contribution in [0.4, 0.5) is 4.79 Å².